The first-order valence-electron chi connectivity index (χ1n) is 7.57. The van der Waals surface area contributed by atoms with Crippen LogP contribution in [-0.2, 0) is 23.5 Å². The molecule has 0 bridgehead atoms. The molecule has 0 amide bonds. The van der Waals surface area contributed by atoms with Crippen LogP contribution < -0.4 is 5.73 Å². The van der Waals surface area contributed by atoms with Crippen LogP contribution in [0.4, 0.5) is 0 Å². The molecule has 0 aromatic rings. The molecule has 0 aliphatic heterocycles. The lowest BCUT2D eigenvalue weighted by molar-refractivity contribution is -0.158. The minimum atomic E-state index is -2.10. The third-order valence-electron chi connectivity index (χ3n) is 4.21. The Morgan fingerprint density at radius 1 is 1.18 bits per heavy atom. The van der Waals surface area contributed by atoms with Crippen LogP contribution >= 0.6 is 0 Å². The van der Waals surface area contributed by atoms with Gasteiger partial charge in [0.1, 0.15) is 12.0 Å². The number of nitrogens with two attached hydrogens (primary N) is 1. The van der Waals surface area contributed by atoms with Crippen LogP contribution in [0.1, 0.15) is 34.6 Å². The monoisotopic (exact) mass is 333 g/mol. The van der Waals surface area contributed by atoms with Crippen LogP contribution in [0.25, 0.3) is 0 Å². The molecule has 0 aliphatic carbocycles. The quantitative estimate of drug-likeness (QED) is 0.567. The fourth-order valence-corrected chi connectivity index (χ4v) is 3.30. The third kappa shape index (κ3) is 5.37. The molecule has 0 radical (unpaired) electrons. The molecule has 0 aromatic carbocycles. The predicted molar refractivity (Wildman–Crippen MR) is 87.9 cm³/mol. The van der Waals surface area contributed by atoms with Crippen LogP contribution in [-0.4, -0.2) is 46.1 Å². The zero-order valence-corrected chi connectivity index (χ0v) is 16.1. The Morgan fingerprint density at radius 3 is 2.05 bits per heavy atom. The highest BCUT2D eigenvalue weighted by Gasteiger charge is 2.44. The van der Waals surface area contributed by atoms with Gasteiger partial charge in [-0.15, -0.1) is 0 Å². The summed E-state index contributed by atoms with van der Waals surface area (Å²) in [5, 5.41) is -0.0179. The van der Waals surface area contributed by atoms with E-state index in [9.17, 15) is 9.59 Å². The minimum Gasteiger partial charge on any atom is -0.469 e. The number of hydrogen-bond donors (Lipinski definition) is 1. The van der Waals surface area contributed by atoms with Crippen molar-refractivity contribution < 1.29 is 23.5 Å². The average Bonchev–Trinajstić information content (AvgIpc) is 2.36. The van der Waals surface area contributed by atoms with Gasteiger partial charge in [-0.25, -0.2) is 0 Å². The molecule has 0 saturated carbocycles. The van der Waals surface area contributed by atoms with Crippen molar-refractivity contribution in [2.75, 3.05) is 13.7 Å². The van der Waals surface area contributed by atoms with Gasteiger partial charge in [-0.3, -0.25) is 9.59 Å². The van der Waals surface area contributed by atoms with E-state index < -0.39 is 38.3 Å². The normalized spacial score (nSPS) is 16.6. The topological polar surface area (TPSA) is 87.9 Å². The summed E-state index contributed by atoms with van der Waals surface area (Å²) in [7, 11) is -0.834. The van der Waals surface area contributed by atoms with E-state index in [2.05, 4.69) is 33.9 Å². The molecule has 3 atom stereocenters. The van der Waals surface area contributed by atoms with Gasteiger partial charge in [0.05, 0.1) is 19.8 Å². The fourth-order valence-electron chi connectivity index (χ4n) is 1.87. The van der Waals surface area contributed by atoms with Crippen molar-refractivity contribution in [3.8, 4) is 0 Å². The summed E-state index contributed by atoms with van der Waals surface area (Å²) in [6, 6.07) is -1.10. The first-order valence-corrected chi connectivity index (χ1v) is 10.5. The summed E-state index contributed by atoms with van der Waals surface area (Å²) >= 11 is 0. The van der Waals surface area contributed by atoms with Crippen molar-refractivity contribution in [1.82, 2.24) is 0 Å². The Kier molecular flexibility index (Phi) is 7.74. The smallest absolute Gasteiger partial charge is 0.323 e. The van der Waals surface area contributed by atoms with Crippen LogP contribution in [0.5, 0.6) is 0 Å². The largest absolute Gasteiger partial charge is 0.469 e. The lowest BCUT2D eigenvalue weighted by atomic mass is 9.95. The van der Waals surface area contributed by atoms with E-state index in [1.807, 2.05) is 0 Å². The minimum absolute atomic E-state index is 0.0179. The van der Waals surface area contributed by atoms with Crippen molar-refractivity contribution in [3.63, 3.8) is 0 Å². The SMILES string of the molecule is CCOC(=O)[C@H](N)[C@@H](C(=O)OC)[C@H](C)O[Si](C)(C)C(C)(C)C. The summed E-state index contributed by atoms with van der Waals surface area (Å²) in [6.07, 6.45) is -0.534. The van der Waals surface area contributed by atoms with E-state index in [-0.39, 0.29) is 11.6 Å². The Labute approximate surface area is 134 Å². The summed E-state index contributed by atoms with van der Waals surface area (Å²) in [5.41, 5.74) is 5.91. The van der Waals surface area contributed by atoms with Crippen LogP contribution in [0.3, 0.4) is 0 Å². The lowest BCUT2D eigenvalue weighted by Gasteiger charge is -2.40. The molecule has 130 valence electrons. The lowest BCUT2D eigenvalue weighted by Crippen LogP contribution is -2.53. The molecule has 0 saturated heterocycles. The van der Waals surface area contributed by atoms with E-state index in [4.69, 9.17) is 19.6 Å². The van der Waals surface area contributed by atoms with E-state index in [0.29, 0.717) is 0 Å². The van der Waals surface area contributed by atoms with E-state index >= 15 is 0 Å². The molecule has 6 nitrogen and oxygen atoms in total. The van der Waals surface area contributed by atoms with E-state index in [0.717, 1.165) is 0 Å². The zero-order valence-electron chi connectivity index (χ0n) is 15.1. The second kappa shape index (κ2) is 8.08. The molecule has 0 rings (SSSR count). The van der Waals surface area contributed by atoms with Gasteiger partial charge in [-0.1, -0.05) is 20.8 Å². The molecule has 2 N–H and O–H groups in total. The highest BCUT2D eigenvalue weighted by molar-refractivity contribution is 6.74. The van der Waals surface area contributed by atoms with Crippen molar-refractivity contribution in [3.05, 3.63) is 0 Å². The first-order chi connectivity index (χ1) is 9.89. The fraction of sp³-hybridized carbons (Fsp3) is 0.867. The zero-order chi connectivity index (χ0) is 17.7. The van der Waals surface area contributed by atoms with Crippen molar-refractivity contribution in [2.24, 2.45) is 11.7 Å². The van der Waals surface area contributed by atoms with E-state index in [1.165, 1.54) is 7.11 Å². The Morgan fingerprint density at radius 2 is 1.68 bits per heavy atom. The third-order valence-corrected chi connectivity index (χ3v) is 8.78. The summed E-state index contributed by atoms with van der Waals surface area (Å²) in [4.78, 5) is 23.9. The number of carbonyl (C=O) groups excluding carboxylic acids is 2. The van der Waals surface area contributed by atoms with Crippen LogP contribution in [0.2, 0.25) is 18.1 Å². The van der Waals surface area contributed by atoms with Gasteiger partial charge in [0.2, 0.25) is 0 Å². The number of methoxy groups -OCH3 is 1. The molecule has 0 aliphatic rings. The van der Waals surface area contributed by atoms with Gasteiger partial charge < -0.3 is 19.6 Å². The molecule has 22 heavy (non-hydrogen) atoms. The number of esters is 2. The van der Waals surface area contributed by atoms with Crippen molar-refractivity contribution in [1.29, 1.82) is 0 Å². The Hall–Kier alpha value is -0.923. The molecule has 0 fully saturated rings. The predicted octanol–water partition coefficient (Wildman–Crippen LogP) is 2.08. The molecular weight excluding hydrogens is 302 g/mol. The molecule has 7 heteroatoms. The average molecular weight is 334 g/mol. The van der Waals surface area contributed by atoms with Gasteiger partial charge in [0.15, 0.2) is 8.32 Å². The molecule has 0 spiro atoms. The summed E-state index contributed by atoms with van der Waals surface area (Å²) in [6.45, 7) is 14.1. The Balaban J connectivity index is 5.28. The van der Waals surface area contributed by atoms with Crippen LogP contribution in [0.15, 0.2) is 0 Å². The molecule has 0 heterocycles. The van der Waals surface area contributed by atoms with Crippen molar-refractivity contribution in [2.45, 2.75) is 64.9 Å². The number of hydrogen-bond acceptors (Lipinski definition) is 6. The first kappa shape index (κ1) is 21.1. The maximum Gasteiger partial charge on any atom is 0.323 e. The van der Waals surface area contributed by atoms with Gasteiger partial charge in [0.25, 0.3) is 0 Å². The highest BCUT2D eigenvalue weighted by Crippen LogP contribution is 2.38. The summed E-state index contributed by atoms with van der Waals surface area (Å²) < 4.78 is 15.9. The number of carbonyl (C=O) groups is 2. The van der Waals surface area contributed by atoms with Gasteiger partial charge >= 0.3 is 11.9 Å². The van der Waals surface area contributed by atoms with Gasteiger partial charge in [-0.05, 0) is 32.0 Å². The molecule has 0 aromatic heterocycles. The maximum atomic E-state index is 12.1. The second-order valence-corrected chi connectivity index (χ2v) is 11.7. The van der Waals surface area contributed by atoms with E-state index in [1.54, 1.807) is 13.8 Å². The molecular formula is C15H31NO5Si. The maximum absolute atomic E-state index is 12.1. The number of ether oxygens (including phenoxy) is 2. The van der Waals surface area contributed by atoms with Crippen molar-refractivity contribution >= 4 is 20.3 Å². The van der Waals surface area contributed by atoms with Gasteiger partial charge in [-0.2, -0.15) is 0 Å². The standard InChI is InChI=1S/C15H31NO5Si/c1-9-20-14(18)12(16)11(13(17)19-6)10(2)21-22(7,8)15(3,4)5/h10-12H,9,16H2,1-8H3/t10-,11-,12+/m0/s1. The number of rotatable bonds is 7. The Bertz CT molecular complexity index is 392. The summed E-state index contributed by atoms with van der Waals surface area (Å²) in [5.74, 6) is -2.08. The second-order valence-electron chi connectivity index (χ2n) is 6.91. The highest BCUT2D eigenvalue weighted by atomic mass is 28.4. The molecule has 0 unspecified atom stereocenters. The van der Waals surface area contributed by atoms with Crippen LogP contribution in [0, 0.1) is 5.92 Å². The van der Waals surface area contributed by atoms with Gasteiger partial charge in [0, 0.05) is 0 Å².